The summed E-state index contributed by atoms with van der Waals surface area (Å²) in [6.45, 7) is 4.84. The molecule has 122 valence electrons. The first-order valence-corrected chi connectivity index (χ1v) is 8.09. The van der Waals surface area contributed by atoms with Crippen LogP contribution >= 0.6 is 0 Å². The predicted octanol–water partition coefficient (Wildman–Crippen LogP) is 3.75. The van der Waals surface area contributed by atoms with Gasteiger partial charge in [-0.15, -0.1) is 0 Å². The topological polar surface area (TPSA) is 52.5 Å². The number of anilines is 1. The van der Waals surface area contributed by atoms with E-state index in [2.05, 4.69) is 22.4 Å². The Kier molecular flexibility index (Phi) is 4.75. The average Bonchev–Trinajstić information content (AvgIpc) is 2.61. The van der Waals surface area contributed by atoms with Crippen LogP contribution in [0, 0.1) is 6.92 Å². The van der Waals surface area contributed by atoms with E-state index in [1.807, 2.05) is 50.2 Å². The van der Waals surface area contributed by atoms with E-state index < -0.39 is 0 Å². The fourth-order valence-electron chi connectivity index (χ4n) is 2.78. The second-order valence-corrected chi connectivity index (χ2v) is 5.63. The summed E-state index contributed by atoms with van der Waals surface area (Å²) in [5, 5.41) is 4.40. The highest BCUT2D eigenvalue weighted by atomic mass is 16.5. The molecule has 0 aliphatic carbocycles. The fourth-order valence-corrected chi connectivity index (χ4v) is 2.78. The van der Waals surface area contributed by atoms with Crippen molar-refractivity contribution in [1.82, 2.24) is 0 Å². The van der Waals surface area contributed by atoms with Crippen molar-refractivity contribution in [1.29, 1.82) is 0 Å². The highest BCUT2D eigenvalue weighted by molar-refractivity contribution is 6.04. The molecule has 1 heterocycles. The Morgan fingerprint density at radius 1 is 1.12 bits per heavy atom. The zero-order valence-corrected chi connectivity index (χ0v) is 13.9. The quantitative estimate of drug-likeness (QED) is 0.728. The predicted molar refractivity (Wildman–Crippen MR) is 95.0 cm³/mol. The number of carbonyl (C=O) groups is 1. The molecule has 2 N–H and O–H groups in total. The molecule has 0 spiro atoms. The number of rotatable bonds is 5. The van der Waals surface area contributed by atoms with Gasteiger partial charge in [-0.1, -0.05) is 42.5 Å². The summed E-state index contributed by atoms with van der Waals surface area (Å²) in [4.78, 5) is 15.5. The van der Waals surface area contributed by atoms with Gasteiger partial charge in [0.1, 0.15) is 5.56 Å². The minimum absolute atomic E-state index is 0.326. The van der Waals surface area contributed by atoms with Gasteiger partial charge in [-0.2, -0.15) is 0 Å². The van der Waals surface area contributed by atoms with E-state index in [4.69, 9.17) is 4.74 Å². The van der Waals surface area contributed by atoms with E-state index in [1.54, 1.807) is 6.20 Å². The number of H-pyrrole nitrogens is 1. The first kappa shape index (κ1) is 16.0. The molecule has 1 aromatic heterocycles. The monoisotopic (exact) mass is 321 g/mol. The number of aromatic amines is 1. The summed E-state index contributed by atoms with van der Waals surface area (Å²) in [5.41, 5.74) is 4.62. The van der Waals surface area contributed by atoms with Gasteiger partial charge >= 0.3 is 5.97 Å². The van der Waals surface area contributed by atoms with Gasteiger partial charge in [0, 0.05) is 12.1 Å². The number of nitrogens with one attached hydrogen (secondary N) is 2. The van der Waals surface area contributed by atoms with Crippen LogP contribution in [0.5, 0.6) is 0 Å². The maximum atomic E-state index is 12.3. The van der Waals surface area contributed by atoms with Gasteiger partial charge in [-0.25, -0.2) is 9.78 Å². The lowest BCUT2D eigenvalue weighted by atomic mass is 10.1. The number of aryl methyl sites for hydroxylation is 1. The van der Waals surface area contributed by atoms with Gasteiger partial charge in [0.25, 0.3) is 0 Å². The third-order valence-corrected chi connectivity index (χ3v) is 3.98. The molecule has 0 atom stereocenters. The number of fused-ring (bicyclic) bond motifs is 1. The van der Waals surface area contributed by atoms with E-state index in [1.165, 1.54) is 0 Å². The van der Waals surface area contributed by atoms with E-state index >= 15 is 0 Å². The van der Waals surface area contributed by atoms with E-state index in [0.29, 0.717) is 18.7 Å². The first-order valence-electron chi connectivity index (χ1n) is 8.09. The number of ether oxygens (including phenoxy) is 1. The minimum Gasteiger partial charge on any atom is -0.462 e. The van der Waals surface area contributed by atoms with Crippen LogP contribution in [0.2, 0.25) is 0 Å². The SMILES string of the molecule is CCOC(=O)c1c[nH+]c2c(C)cccc2c1NCc1ccccc1. The van der Waals surface area contributed by atoms with Crippen LogP contribution in [0.3, 0.4) is 0 Å². The van der Waals surface area contributed by atoms with Gasteiger partial charge in [0.2, 0.25) is 5.52 Å². The van der Waals surface area contributed by atoms with Crippen LogP contribution in [-0.4, -0.2) is 12.6 Å². The Balaban J connectivity index is 2.05. The third kappa shape index (κ3) is 3.23. The Hall–Kier alpha value is -2.88. The van der Waals surface area contributed by atoms with Crippen molar-refractivity contribution in [2.45, 2.75) is 20.4 Å². The molecule has 0 aliphatic rings. The summed E-state index contributed by atoms with van der Waals surface area (Å²) >= 11 is 0. The maximum Gasteiger partial charge on any atom is 0.346 e. The number of carbonyl (C=O) groups excluding carboxylic acids is 1. The molecule has 0 amide bonds. The van der Waals surface area contributed by atoms with Crippen LogP contribution in [0.4, 0.5) is 5.69 Å². The Labute approximate surface area is 141 Å². The molecule has 0 bridgehead atoms. The minimum atomic E-state index is -0.326. The van der Waals surface area contributed by atoms with Crippen molar-refractivity contribution in [3.63, 3.8) is 0 Å². The van der Waals surface area contributed by atoms with Gasteiger partial charge < -0.3 is 10.1 Å². The molecular formula is C20H21N2O2+. The van der Waals surface area contributed by atoms with Crippen LogP contribution in [-0.2, 0) is 11.3 Å². The normalized spacial score (nSPS) is 10.6. The average molecular weight is 321 g/mol. The first-order chi connectivity index (χ1) is 11.7. The third-order valence-electron chi connectivity index (χ3n) is 3.98. The molecule has 3 aromatic rings. The lowest BCUT2D eigenvalue weighted by Crippen LogP contribution is -2.16. The molecule has 0 saturated carbocycles. The number of esters is 1. The summed E-state index contributed by atoms with van der Waals surface area (Å²) in [6.07, 6.45) is 1.72. The zero-order chi connectivity index (χ0) is 16.9. The van der Waals surface area contributed by atoms with Crippen LogP contribution in [0.15, 0.2) is 54.7 Å². The van der Waals surface area contributed by atoms with Crippen molar-refractivity contribution in [2.75, 3.05) is 11.9 Å². The smallest absolute Gasteiger partial charge is 0.346 e. The van der Waals surface area contributed by atoms with Crippen LogP contribution < -0.4 is 10.3 Å². The maximum absolute atomic E-state index is 12.3. The van der Waals surface area contributed by atoms with Crippen molar-refractivity contribution in [2.24, 2.45) is 0 Å². The van der Waals surface area contributed by atoms with E-state index in [9.17, 15) is 4.79 Å². The summed E-state index contributed by atoms with van der Waals surface area (Å²) in [5.74, 6) is -0.326. The number of aromatic nitrogens is 1. The van der Waals surface area contributed by atoms with Gasteiger partial charge in [-0.3, -0.25) is 0 Å². The Morgan fingerprint density at radius 3 is 2.67 bits per heavy atom. The molecule has 0 radical (unpaired) electrons. The van der Waals surface area contributed by atoms with Crippen molar-refractivity contribution in [3.05, 3.63) is 71.4 Å². The number of para-hydroxylation sites is 1. The Bertz CT molecular complexity index is 860. The van der Waals surface area contributed by atoms with Crippen LogP contribution in [0.25, 0.3) is 10.9 Å². The van der Waals surface area contributed by atoms with Crippen molar-refractivity contribution >= 4 is 22.6 Å². The number of hydrogen-bond donors (Lipinski definition) is 1. The molecule has 24 heavy (non-hydrogen) atoms. The Morgan fingerprint density at radius 2 is 1.92 bits per heavy atom. The van der Waals surface area contributed by atoms with Gasteiger partial charge in [0.05, 0.1) is 17.7 Å². The standard InChI is InChI=1S/C20H20N2O2/c1-3-24-20(23)17-13-22-18-14(2)8-7-11-16(18)19(17)21-12-15-9-5-4-6-10-15/h4-11,13H,3,12H2,1-2H3,(H,21,22)/p+1. The van der Waals surface area contributed by atoms with Gasteiger partial charge in [-0.05, 0) is 25.5 Å². The molecule has 0 aliphatic heterocycles. The molecule has 4 nitrogen and oxygen atoms in total. The van der Waals surface area contributed by atoms with E-state index in [0.717, 1.165) is 27.7 Å². The highest BCUT2D eigenvalue weighted by Crippen LogP contribution is 2.27. The summed E-state index contributed by atoms with van der Waals surface area (Å²) in [7, 11) is 0. The number of pyridine rings is 1. The van der Waals surface area contributed by atoms with E-state index in [-0.39, 0.29) is 5.97 Å². The van der Waals surface area contributed by atoms with Crippen molar-refractivity contribution in [3.8, 4) is 0 Å². The lowest BCUT2D eigenvalue weighted by molar-refractivity contribution is -0.345. The lowest BCUT2D eigenvalue weighted by Gasteiger charge is -2.12. The fraction of sp³-hybridized carbons (Fsp3) is 0.200. The number of hydrogen-bond acceptors (Lipinski definition) is 3. The molecule has 0 unspecified atom stereocenters. The number of benzene rings is 2. The van der Waals surface area contributed by atoms with Crippen molar-refractivity contribution < 1.29 is 14.5 Å². The summed E-state index contributed by atoms with van der Waals surface area (Å²) in [6, 6.07) is 16.2. The molecular weight excluding hydrogens is 300 g/mol. The second kappa shape index (κ2) is 7.13. The molecule has 0 saturated heterocycles. The molecule has 4 heteroatoms. The second-order valence-electron chi connectivity index (χ2n) is 5.63. The summed E-state index contributed by atoms with van der Waals surface area (Å²) < 4.78 is 5.20. The zero-order valence-electron chi connectivity index (χ0n) is 13.9. The largest absolute Gasteiger partial charge is 0.462 e. The molecule has 0 fully saturated rings. The van der Waals surface area contributed by atoms with Crippen LogP contribution in [0.1, 0.15) is 28.4 Å². The molecule has 2 aromatic carbocycles. The van der Waals surface area contributed by atoms with Gasteiger partial charge in [0.15, 0.2) is 6.20 Å². The highest BCUT2D eigenvalue weighted by Gasteiger charge is 2.20. The molecule has 3 rings (SSSR count).